The first-order chi connectivity index (χ1) is 14.8. The third-order valence-electron chi connectivity index (χ3n) is 4.59. The van der Waals surface area contributed by atoms with Crippen molar-refractivity contribution in [3.05, 3.63) is 71.8 Å². The maximum atomic E-state index is 12.6. The first kappa shape index (κ1) is 22.6. The van der Waals surface area contributed by atoms with Crippen LogP contribution in [0.15, 0.2) is 60.7 Å². The van der Waals surface area contributed by atoms with Gasteiger partial charge in [0.2, 0.25) is 0 Å². The molecule has 1 heterocycles. The minimum absolute atomic E-state index is 0.109. The predicted octanol–water partition coefficient (Wildman–Crippen LogP) is 5.91. The standard InChI is InChI=1S/C25H27NO4S/c1-5-29-24(28)18-15-21(17-11-7-6-8-12-17)31-23(18)26-22(27)16-30-20-14-10-9-13-19(20)25(2,3)4/h6-15H,5,16H2,1-4H3,(H,26,27). The van der Waals surface area contributed by atoms with Crippen LogP contribution in [0.2, 0.25) is 0 Å². The second-order valence-electron chi connectivity index (χ2n) is 8.02. The summed E-state index contributed by atoms with van der Waals surface area (Å²) in [5, 5.41) is 3.28. The van der Waals surface area contributed by atoms with Crippen LogP contribution < -0.4 is 10.1 Å². The van der Waals surface area contributed by atoms with Gasteiger partial charge in [-0.15, -0.1) is 11.3 Å². The summed E-state index contributed by atoms with van der Waals surface area (Å²) in [4.78, 5) is 25.9. The third-order valence-corrected chi connectivity index (χ3v) is 5.69. The number of thiophene rings is 1. The van der Waals surface area contributed by atoms with E-state index in [0.717, 1.165) is 16.0 Å². The number of esters is 1. The molecule has 0 fully saturated rings. The summed E-state index contributed by atoms with van der Waals surface area (Å²) in [5.41, 5.74) is 2.23. The summed E-state index contributed by atoms with van der Waals surface area (Å²) in [5.74, 6) is -0.127. The van der Waals surface area contributed by atoms with Crippen LogP contribution in [0.5, 0.6) is 5.75 Å². The molecule has 162 valence electrons. The zero-order valence-corrected chi connectivity index (χ0v) is 19.0. The van der Waals surface area contributed by atoms with E-state index in [0.29, 0.717) is 16.3 Å². The summed E-state index contributed by atoms with van der Waals surface area (Å²) in [6.07, 6.45) is 0. The van der Waals surface area contributed by atoms with E-state index in [1.807, 2.05) is 54.6 Å². The molecule has 1 N–H and O–H groups in total. The van der Waals surface area contributed by atoms with Gasteiger partial charge in [0.05, 0.1) is 12.2 Å². The molecule has 0 radical (unpaired) electrons. The van der Waals surface area contributed by atoms with Crippen LogP contribution in [0, 0.1) is 0 Å². The topological polar surface area (TPSA) is 64.6 Å². The van der Waals surface area contributed by atoms with Gasteiger partial charge in [-0.3, -0.25) is 4.79 Å². The normalized spacial score (nSPS) is 11.1. The maximum absolute atomic E-state index is 12.6. The molecular weight excluding hydrogens is 410 g/mol. The summed E-state index contributed by atoms with van der Waals surface area (Å²) in [6, 6.07) is 19.1. The molecule has 6 heteroatoms. The molecule has 1 amide bonds. The number of hydrogen-bond acceptors (Lipinski definition) is 5. The van der Waals surface area contributed by atoms with Crippen LogP contribution in [0.4, 0.5) is 5.00 Å². The molecule has 5 nitrogen and oxygen atoms in total. The lowest BCUT2D eigenvalue weighted by Gasteiger charge is -2.22. The zero-order valence-electron chi connectivity index (χ0n) is 18.2. The van der Waals surface area contributed by atoms with E-state index >= 15 is 0 Å². The lowest BCUT2D eigenvalue weighted by Crippen LogP contribution is -2.22. The molecule has 0 spiro atoms. The van der Waals surface area contributed by atoms with E-state index in [1.165, 1.54) is 11.3 Å². The van der Waals surface area contributed by atoms with E-state index in [2.05, 4.69) is 26.1 Å². The molecule has 0 aliphatic carbocycles. The lowest BCUT2D eigenvalue weighted by molar-refractivity contribution is -0.118. The Morgan fingerprint density at radius 2 is 1.68 bits per heavy atom. The van der Waals surface area contributed by atoms with Crippen molar-refractivity contribution >= 4 is 28.2 Å². The van der Waals surface area contributed by atoms with Crippen molar-refractivity contribution in [1.82, 2.24) is 0 Å². The Morgan fingerprint density at radius 3 is 2.35 bits per heavy atom. The molecular formula is C25H27NO4S. The molecule has 2 aromatic carbocycles. The van der Waals surface area contributed by atoms with Crippen LogP contribution in [0.3, 0.4) is 0 Å². The van der Waals surface area contributed by atoms with Crippen LogP contribution >= 0.6 is 11.3 Å². The third kappa shape index (κ3) is 5.73. The molecule has 0 saturated carbocycles. The largest absolute Gasteiger partial charge is 0.483 e. The van der Waals surface area contributed by atoms with Crippen molar-refractivity contribution < 1.29 is 19.1 Å². The van der Waals surface area contributed by atoms with Gasteiger partial charge in [-0.1, -0.05) is 69.3 Å². The molecule has 0 atom stereocenters. The number of para-hydroxylation sites is 1. The minimum Gasteiger partial charge on any atom is -0.483 e. The highest BCUT2D eigenvalue weighted by Gasteiger charge is 2.21. The number of carbonyl (C=O) groups is 2. The number of benzene rings is 2. The maximum Gasteiger partial charge on any atom is 0.341 e. The lowest BCUT2D eigenvalue weighted by atomic mass is 9.86. The van der Waals surface area contributed by atoms with Gasteiger partial charge in [0.25, 0.3) is 5.91 Å². The van der Waals surface area contributed by atoms with Crippen LogP contribution in [-0.2, 0) is 14.9 Å². The van der Waals surface area contributed by atoms with Crippen LogP contribution in [0.25, 0.3) is 10.4 Å². The Labute approximate surface area is 187 Å². The number of ether oxygens (including phenoxy) is 2. The van der Waals surface area contributed by atoms with Crippen molar-refractivity contribution in [3.8, 4) is 16.2 Å². The molecule has 0 aliphatic heterocycles. The quantitative estimate of drug-likeness (QED) is 0.467. The minimum atomic E-state index is -0.463. The van der Waals surface area contributed by atoms with Crippen molar-refractivity contribution in [3.63, 3.8) is 0 Å². The Morgan fingerprint density at radius 1 is 1.00 bits per heavy atom. The zero-order chi connectivity index (χ0) is 22.4. The molecule has 31 heavy (non-hydrogen) atoms. The Kier molecular flexibility index (Phi) is 7.13. The molecule has 1 aromatic heterocycles. The fourth-order valence-electron chi connectivity index (χ4n) is 3.11. The van der Waals surface area contributed by atoms with Crippen molar-refractivity contribution in [2.24, 2.45) is 0 Å². The van der Waals surface area contributed by atoms with Crippen molar-refractivity contribution in [2.75, 3.05) is 18.5 Å². The van der Waals surface area contributed by atoms with Gasteiger partial charge < -0.3 is 14.8 Å². The summed E-state index contributed by atoms with van der Waals surface area (Å²) >= 11 is 1.34. The highest BCUT2D eigenvalue weighted by atomic mass is 32.1. The first-order valence-electron chi connectivity index (χ1n) is 10.2. The molecule has 0 aliphatic rings. The molecule has 3 rings (SSSR count). The van der Waals surface area contributed by atoms with Gasteiger partial charge in [-0.25, -0.2) is 4.79 Å². The second-order valence-corrected chi connectivity index (χ2v) is 9.08. The predicted molar refractivity (Wildman–Crippen MR) is 125 cm³/mol. The molecule has 0 saturated heterocycles. The van der Waals surface area contributed by atoms with Crippen LogP contribution in [0.1, 0.15) is 43.6 Å². The van der Waals surface area contributed by atoms with E-state index in [-0.39, 0.29) is 24.5 Å². The average molecular weight is 438 g/mol. The van der Waals surface area contributed by atoms with Crippen LogP contribution in [-0.4, -0.2) is 25.1 Å². The first-order valence-corrected chi connectivity index (χ1v) is 11.0. The van der Waals surface area contributed by atoms with Gasteiger partial charge in [0.1, 0.15) is 10.8 Å². The van der Waals surface area contributed by atoms with Crippen molar-refractivity contribution in [2.45, 2.75) is 33.1 Å². The molecule has 0 unspecified atom stereocenters. The van der Waals surface area contributed by atoms with Gasteiger partial charge in [-0.05, 0) is 35.6 Å². The summed E-state index contributed by atoms with van der Waals surface area (Å²) in [6.45, 7) is 8.14. The SMILES string of the molecule is CCOC(=O)c1cc(-c2ccccc2)sc1NC(=O)COc1ccccc1C(C)(C)C. The van der Waals surface area contributed by atoms with E-state index in [9.17, 15) is 9.59 Å². The van der Waals surface area contributed by atoms with E-state index in [1.54, 1.807) is 13.0 Å². The Hall–Kier alpha value is -3.12. The van der Waals surface area contributed by atoms with Gasteiger partial charge in [0.15, 0.2) is 6.61 Å². The Bertz CT molecular complexity index is 1050. The highest BCUT2D eigenvalue weighted by Crippen LogP contribution is 2.36. The van der Waals surface area contributed by atoms with Gasteiger partial charge >= 0.3 is 5.97 Å². The number of nitrogens with one attached hydrogen (secondary N) is 1. The molecule has 3 aromatic rings. The average Bonchev–Trinajstić information content (AvgIpc) is 3.16. The number of rotatable bonds is 7. The Balaban J connectivity index is 1.78. The highest BCUT2D eigenvalue weighted by molar-refractivity contribution is 7.20. The summed E-state index contributed by atoms with van der Waals surface area (Å²) in [7, 11) is 0. The fraction of sp³-hybridized carbons (Fsp3) is 0.280. The van der Waals surface area contributed by atoms with E-state index < -0.39 is 5.97 Å². The summed E-state index contributed by atoms with van der Waals surface area (Å²) < 4.78 is 11.0. The van der Waals surface area contributed by atoms with Gasteiger partial charge in [0, 0.05) is 4.88 Å². The number of hydrogen-bond donors (Lipinski definition) is 1. The number of amides is 1. The monoisotopic (exact) mass is 437 g/mol. The fourth-order valence-corrected chi connectivity index (χ4v) is 4.17. The molecule has 0 bridgehead atoms. The number of anilines is 1. The van der Waals surface area contributed by atoms with E-state index in [4.69, 9.17) is 9.47 Å². The van der Waals surface area contributed by atoms with Gasteiger partial charge in [-0.2, -0.15) is 0 Å². The smallest absolute Gasteiger partial charge is 0.341 e. The second kappa shape index (κ2) is 9.79. The van der Waals surface area contributed by atoms with Crippen molar-refractivity contribution in [1.29, 1.82) is 0 Å². The number of carbonyl (C=O) groups excluding carboxylic acids is 2.